The zero-order chi connectivity index (χ0) is 20.3. The molecule has 2 rings (SSSR count). The Labute approximate surface area is 150 Å². The molecule has 2 aromatic rings. The number of rotatable bonds is 7. The summed E-state index contributed by atoms with van der Waals surface area (Å²) in [4.78, 5) is 38.8. The third-order valence-corrected chi connectivity index (χ3v) is 3.06. The number of nitrogens with two attached hydrogens (primary N) is 1. The number of ether oxygens (including phenoxy) is 1. The van der Waals surface area contributed by atoms with E-state index in [4.69, 9.17) is 25.4 Å². The third kappa shape index (κ3) is 7.60. The second-order valence-electron chi connectivity index (χ2n) is 4.22. The van der Waals surface area contributed by atoms with Crippen LogP contribution in [0.15, 0.2) is 11.1 Å². The van der Waals surface area contributed by atoms with Crippen LogP contribution in [0, 0.1) is 0 Å². The topological polar surface area (TPSA) is 186 Å². The summed E-state index contributed by atoms with van der Waals surface area (Å²) in [6.07, 6.45) is 0.300. The molecule has 0 aliphatic carbocycles. The SMILES string of the molecule is CC.CC.Nc1nc2c(ncn2COC(CO)COP(=O)(O)O)c(=O)[nH]1. The zero-order valence-corrected chi connectivity index (χ0v) is 16.0. The summed E-state index contributed by atoms with van der Waals surface area (Å²) in [5.74, 6) is -0.0946. The molecule has 150 valence electrons. The van der Waals surface area contributed by atoms with Gasteiger partial charge in [0.25, 0.3) is 5.56 Å². The Morgan fingerprint density at radius 2 is 1.96 bits per heavy atom. The molecule has 1 unspecified atom stereocenters. The van der Waals surface area contributed by atoms with E-state index in [1.165, 1.54) is 10.9 Å². The first kappa shape index (κ1) is 24.2. The lowest BCUT2D eigenvalue weighted by Crippen LogP contribution is -2.24. The molecule has 0 aliphatic rings. The highest BCUT2D eigenvalue weighted by molar-refractivity contribution is 7.46. The van der Waals surface area contributed by atoms with Crippen molar-refractivity contribution in [3.8, 4) is 0 Å². The average molecular weight is 395 g/mol. The number of phosphoric acid groups is 1. The summed E-state index contributed by atoms with van der Waals surface area (Å²) >= 11 is 0. The summed E-state index contributed by atoms with van der Waals surface area (Å²) < 4.78 is 21.4. The molecular formula is C13H26N5O7P. The molecule has 0 amide bonds. The van der Waals surface area contributed by atoms with E-state index in [0.29, 0.717) is 0 Å². The largest absolute Gasteiger partial charge is 0.469 e. The molecule has 0 saturated heterocycles. The Balaban J connectivity index is 0.00000146. The van der Waals surface area contributed by atoms with Gasteiger partial charge in [-0.15, -0.1) is 0 Å². The fourth-order valence-electron chi connectivity index (χ4n) is 1.58. The number of nitrogen functional groups attached to an aromatic ring is 1. The van der Waals surface area contributed by atoms with Crippen LogP contribution >= 0.6 is 7.82 Å². The van der Waals surface area contributed by atoms with Gasteiger partial charge >= 0.3 is 7.82 Å². The maximum atomic E-state index is 11.6. The van der Waals surface area contributed by atoms with Crippen LogP contribution in [-0.2, 0) is 20.6 Å². The number of nitrogens with zero attached hydrogens (tertiary/aromatic N) is 3. The van der Waals surface area contributed by atoms with Crippen molar-refractivity contribution in [2.75, 3.05) is 18.9 Å². The maximum absolute atomic E-state index is 11.6. The average Bonchev–Trinajstić information content (AvgIpc) is 3.01. The van der Waals surface area contributed by atoms with Gasteiger partial charge < -0.3 is 25.4 Å². The lowest BCUT2D eigenvalue weighted by atomic mass is 10.4. The molecule has 0 aliphatic heterocycles. The van der Waals surface area contributed by atoms with Gasteiger partial charge in [0, 0.05) is 0 Å². The van der Waals surface area contributed by atoms with Gasteiger partial charge in [-0.3, -0.25) is 18.9 Å². The van der Waals surface area contributed by atoms with Gasteiger partial charge in [0.2, 0.25) is 5.95 Å². The Hall–Kier alpha value is -1.82. The number of phosphoric ester groups is 1. The van der Waals surface area contributed by atoms with Crippen molar-refractivity contribution in [2.24, 2.45) is 0 Å². The number of fused-ring (bicyclic) bond motifs is 1. The van der Waals surface area contributed by atoms with Crippen LogP contribution in [0.2, 0.25) is 0 Å². The van der Waals surface area contributed by atoms with Crippen LogP contribution in [0.1, 0.15) is 27.7 Å². The van der Waals surface area contributed by atoms with Crippen molar-refractivity contribution in [1.82, 2.24) is 19.5 Å². The quantitative estimate of drug-likeness (QED) is 0.405. The second kappa shape index (κ2) is 11.7. The van der Waals surface area contributed by atoms with Crippen LogP contribution in [0.25, 0.3) is 11.2 Å². The van der Waals surface area contributed by atoms with Gasteiger partial charge in [-0.05, 0) is 0 Å². The molecule has 0 bridgehead atoms. The molecule has 12 nitrogen and oxygen atoms in total. The van der Waals surface area contributed by atoms with Crippen LogP contribution < -0.4 is 11.3 Å². The molecule has 13 heteroatoms. The Morgan fingerprint density at radius 3 is 2.50 bits per heavy atom. The van der Waals surface area contributed by atoms with Crippen molar-refractivity contribution in [2.45, 2.75) is 40.5 Å². The van der Waals surface area contributed by atoms with E-state index >= 15 is 0 Å². The highest BCUT2D eigenvalue weighted by Crippen LogP contribution is 2.35. The van der Waals surface area contributed by atoms with Gasteiger partial charge in [-0.25, -0.2) is 9.55 Å². The first-order valence-corrected chi connectivity index (χ1v) is 9.46. The summed E-state index contributed by atoms with van der Waals surface area (Å²) in [5.41, 5.74) is 5.16. The number of H-pyrrole nitrogens is 1. The molecule has 0 saturated carbocycles. The Bertz CT molecular complexity index is 757. The predicted molar refractivity (Wildman–Crippen MR) is 95.2 cm³/mol. The van der Waals surface area contributed by atoms with Gasteiger partial charge in [0.15, 0.2) is 11.2 Å². The Kier molecular flexibility index (Phi) is 10.9. The predicted octanol–water partition coefficient (Wildman–Crippen LogP) is 0.199. The zero-order valence-electron chi connectivity index (χ0n) is 15.1. The maximum Gasteiger partial charge on any atom is 0.469 e. The lowest BCUT2D eigenvalue weighted by molar-refractivity contribution is -0.0479. The normalized spacial score (nSPS) is 12.0. The molecule has 2 heterocycles. The number of imidazole rings is 1. The summed E-state index contributed by atoms with van der Waals surface area (Å²) in [7, 11) is -4.65. The van der Waals surface area contributed by atoms with Crippen LogP contribution in [0.3, 0.4) is 0 Å². The van der Waals surface area contributed by atoms with E-state index in [-0.39, 0.29) is 23.8 Å². The number of aliphatic hydroxyl groups is 1. The number of anilines is 1. The fraction of sp³-hybridized carbons (Fsp3) is 0.615. The van der Waals surface area contributed by atoms with Gasteiger partial charge in [-0.2, -0.15) is 4.98 Å². The Morgan fingerprint density at radius 1 is 1.35 bits per heavy atom. The number of aliphatic hydroxyl groups excluding tert-OH is 1. The van der Waals surface area contributed by atoms with E-state index in [2.05, 4.69) is 19.5 Å². The summed E-state index contributed by atoms with van der Waals surface area (Å²) in [6.45, 7) is 6.79. The fourth-order valence-corrected chi connectivity index (χ4v) is 1.95. The highest BCUT2D eigenvalue weighted by Gasteiger charge is 2.19. The molecule has 0 fully saturated rings. The highest BCUT2D eigenvalue weighted by atomic mass is 31.2. The van der Waals surface area contributed by atoms with Gasteiger partial charge in [0.1, 0.15) is 12.8 Å². The standard InChI is InChI=1S/C9H14N5O7P.2C2H6/c10-9-12-7-6(8(16)13-9)11-3-14(7)4-20-5(1-15)2-21-22(17,18)19;2*1-2/h3,5,15H,1-2,4H2,(H2,17,18,19)(H3,10,12,13,16);2*1-2H3. The van der Waals surface area contributed by atoms with Crippen molar-refractivity contribution in [3.05, 3.63) is 16.7 Å². The van der Waals surface area contributed by atoms with E-state index in [9.17, 15) is 9.36 Å². The molecule has 26 heavy (non-hydrogen) atoms. The molecule has 0 aromatic carbocycles. The minimum Gasteiger partial charge on any atom is -0.394 e. The summed E-state index contributed by atoms with van der Waals surface area (Å²) in [6, 6.07) is 0. The number of nitrogens with one attached hydrogen (secondary N) is 1. The minimum atomic E-state index is -4.65. The van der Waals surface area contributed by atoms with Gasteiger partial charge in [-0.1, -0.05) is 27.7 Å². The number of hydrogen-bond acceptors (Lipinski definition) is 8. The minimum absolute atomic E-state index is 0.0600. The molecule has 1 atom stereocenters. The first-order valence-electron chi connectivity index (χ1n) is 7.93. The monoisotopic (exact) mass is 395 g/mol. The molecule has 6 N–H and O–H groups in total. The molecule has 0 radical (unpaired) electrons. The van der Waals surface area contributed by atoms with E-state index in [0.717, 1.165) is 0 Å². The smallest absolute Gasteiger partial charge is 0.394 e. The van der Waals surface area contributed by atoms with Gasteiger partial charge in [0.05, 0.1) is 19.5 Å². The van der Waals surface area contributed by atoms with Crippen molar-refractivity contribution in [1.29, 1.82) is 0 Å². The van der Waals surface area contributed by atoms with Crippen LogP contribution in [0.5, 0.6) is 0 Å². The van der Waals surface area contributed by atoms with Crippen LogP contribution in [-0.4, -0.2) is 53.7 Å². The van der Waals surface area contributed by atoms with Crippen molar-refractivity contribution >= 4 is 24.9 Å². The number of hydrogen-bond donors (Lipinski definition) is 5. The van der Waals surface area contributed by atoms with Crippen LogP contribution in [0.4, 0.5) is 5.95 Å². The van der Waals surface area contributed by atoms with E-state index < -0.39 is 32.7 Å². The molecular weight excluding hydrogens is 369 g/mol. The number of aromatic amines is 1. The number of aromatic nitrogens is 4. The van der Waals surface area contributed by atoms with E-state index in [1.807, 2.05) is 27.7 Å². The third-order valence-electron chi connectivity index (χ3n) is 2.57. The molecule has 0 spiro atoms. The van der Waals surface area contributed by atoms with Crippen molar-refractivity contribution in [3.63, 3.8) is 0 Å². The second-order valence-corrected chi connectivity index (χ2v) is 5.46. The first-order chi connectivity index (χ1) is 12.3. The summed E-state index contributed by atoms with van der Waals surface area (Å²) in [5, 5.41) is 9.08. The molecule has 2 aromatic heterocycles. The lowest BCUT2D eigenvalue weighted by Gasteiger charge is -2.16. The van der Waals surface area contributed by atoms with Crippen molar-refractivity contribution < 1.29 is 28.7 Å². The van der Waals surface area contributed by atoms with E-state index in [1.54, 1.807) is 0 Å².